The van der Waals surface area contributed by atoms with Crippen LogP contribution in [0.4, 0.5) is 11.4 Å². The highest BCUT2D eigenvalue weighted by Crippen LogP contribution is 2.32. The third-order valence-electron chi connectivity index (χ3n) is 2.46. The van der Waals surface area contributed by atoms with Gasteiger partial charge in [0.05, 0.1) is 21.9 Å². The van der Waals surface area contributed by atoms with Crippen molar-refractivity contribution < 1.29 is 18.1 Å². The highest BCUT2D eigenvalue weighted by Gasteiger charge is 2.22. The molecule has 7 nitrogen and oxygen atoms in total. The fourth-order valence-electron chi connectivity index (χ4n) is 1.51. The Balaban J connectivity index is 2.41. The minimum atomic E-state index is -3.87. The first kappa shape index (κ1) is 15.7. The number of ether oxygens (including phenoxy) is 1. The lowest BCUT2D eigenvalue weighted by atomic mass is 10.2. The summed E-state index contributed by atoms with van der Waals surface area (Å²) < 4.78 is 32.1. The van der Waals surface area contributed by atoms with Crippen LogP contribution < -0.4 is 9.46 Å². The summed E-state index contributed by atoms with van der Waals surface area (Å²) in [6.45, 7) is 0. The summed E-state index contributed by atoms with van der Waals surface area (Å²) in [6.07, 6.45) is 0. The van der Waals surface area contributed by atoms with Gasteiger partial charge in [0.2, 0.25) is 0 Å². The Kier molecular flexibility index (Phi) is 4.49. The van der Waals surface area contributed by atoms with Crippen LogP contribution in [-0.4, -0.2) is 20.5 Å². The number of nitro groups is 1. The van der Waals surface area contributed by atoms with Crippen molar-refractivity contribution in [3.8, 4) is 5.75 Å². The van der Waals surface area contributed by atoms with Crippen LogP contribution in [0.15, 0.2) is 38.3 Å². The average Bonchev–Trinajstić information content (AvgIpc) is 2.86. The van der Waals surface area contributed by atoms with Crippen LogP contribution in [0.25, 0.3) is 0 Å². The number of halogens is 1. The lowest BCUT2D eigenvalue weighted by Gasteiger charge is -2.08. The van der Waals surface area contributed by atoms with Crippen LogP contribution >= 0.6 is 27.3 Å². The zero-order chi connectivity index (χ0) is 15.6. The fraction of sp³-hybridized carbons (Fsp3) is 0.0909. The van der Waals surface area contributed by atoms with Crippen LogP contribution in [0.1, 0.15) is 0 Å². The van der Waals surface area contributed by atoms with Gasteiger partial charge in [-0.3, -0.25) is 14.8 Å². The second kappa shape index (κ2) is 6.00. The summed E-state index contributed by atoms with van der Waals surface area (Å²) in [7, 11) is -2.51. The summed E-state index contributed by atoms with van der Waals surface area (Å²) in [5.41, 5.74) is -0.501. The van der Waals surface area contributed by atoms with Crippen molar-refractivity contribution in [3.05, 3.63) is 44.2 Å². The van der Waals surface area contributed by atoms with Crippen LogP contribution in [0, 0.1) is 10.1 Å². The first-order valence-electron chi connectivity index (χ1n) is 5.44. The third-order valence-corrected chi connectivity index (χ3v) is 5.94. The monoisotopic (exact) mass is 392 g/mol. The van der Waals surface area contributed by atoms with Gasteiger partial charge in [0.1, 0.15) is 15.6 Å². The summed E-state index contributed by atoms with van der Waals surface area (Å²) in [4.78, 5) is 10.4. The van der Waals surface area contributed by atoms with Gasteiger partial charge in [-0.15, -0.1) is 11.3 Å². The highest BCUT2D eigenvalue weighted by molar-refractivity contribution is 9.11. The third kappa shape index (κ3) is 3.52. The minimum Gasteiger partial charge on any atom is -0.496 e. The zero-order valence-corrected chi connectivity index (χ0v) is 13.8. The molecule has 2 rings (SSSR count). The second-order valence-corrected chi connectivity index (χ2v) is 8.18. The number of hydrogen-bond donors (Lipinski definition) is 1. The summed E-state index contributed by atoms with van der Waals surface area (Å²) in [6, 6.07) is 6.88. The summed E-state index contributed by atoms with van der Waals surface area (Å²) in [5.74, 6) is 0.267. The molecule has 0 radical (unpaired) electrons. The predicted molar refractivity (Wildman–Crippen MR) is 82.5 cm³/mol. The maximum atomic E-state index is 12.2. The number of methoxy groups -OCH3 is 1. The normalized spacial score (nSPS) is 11.1. The van der Waals surface area contributed by atoms with Gasteiger partial charge in [0.25, 0.3) is 15.7 Å². The van der Waals surface area contributed by atoms with E-state index in [1.807, 2.05) is 0 Å². The quantitative estimate of drug-likeness (QED) is 0.621. The molecule has 21 heavy (non-hydrogen) atoms. The molecular weight excluding hydrogens is 384 g/mol. The van der Waals surface area contributed by atoms with Crippen LogP contribution in [0.3, 0.4) is 0 Å². The van der Waals surface area contributed by atoms with Crippen molar-refractivity contribution in [1.82, 2.24) is 0 Å². The molecule has 0 spiro atoms. The van der Waals surface area contributed by atoms with E-state index in [4.69, 9.17) is 4.74 Å². The lowest BCUT2D eigenvalue weighted by Crippen LogP contribution is -2.12. The zero-order valence-electron chi connectivity index (χ0n) is 10.6. The summed E-state index contributed by atoms with van der Waals surface area (Å²) >= 11 is 4.18. The van der Waals surface area contributed by atoms with E-state index in [0.29, 0.717) is 3.79 Å². The molecule has 0 fully saturated rings. The first-order chi connectivity index (χ1) is 9.83. The van der Waals surface area contributed by atoms with Gasteiger partial charge in [-0.1, -0.05) is 0 Å². The van der Waals surface area contributed by atoms with Gasteiger partial charge in [0, 0.05) is 0 Å². The molecule has 0 aliphatic carbocycles. The van der Waals surface area contributed by atoms with Crippen LogP contribution in [-0.2, 0) is 10.0 Å². The topological polar surface area (TPSA) is 98.5 Å². The van der Waals surface area contributed by atoms with Crippen molar-refractivity contribution in [2.24, 2.45) is 0 Å². The molecule has 0 atom stereocenters. The Bertz CT molecular complexity index is 788. The van der Waals surface area contributed by atoms with E-state index in [2.05, 4.69) is 20.7 Å². The summed E-state index contributed by atoms with van der Waals surface area (Å²) in [5, 5.41) is 11.0. The smallest absolute Gasteiger partial charge is 0.297 e. The number of sulfonamides is 1. The van der Waals surface area contributed by atoms with E-state index in [1.54, 1.807) is 6.07 Å². The molecule has 2 aromatic rings. The fourth-order valence-corrected chi connectivity index (χ4v) is 4.60. The van der Waals surface area contributed by atoms with Crippen LogP contribution in [0.5, 0.6) is 5.75 Å². The molecule has 0 saturated heterocycles. The van der Waals surface area contributed by atoms with Crippen molar-refractivity contribution >= 4 is 48.7 Å². The largest absolute Gasteiger partial charge is 0.496 e. The van der Waals surface area contributed by atoms with E-state index in [-0.39, 0.29) is 21.3 Å². The van der Waals surface area contributed by atoms with Gasteiger partial charge < -0.3 is 4.74 Å². The standard InChI is InChI=1S/C11H9BrN2O5S2/c1-19-7-2-3-8(9(6-7)14(15)16)13-21(17,18)11-5-4-10(12)20-11/h2-6,13H,1H3. The average molecular weight is 393 g/mol. The molecule has 112 valence electrons. The highest BCUT2D eigenvalue weighted by atomic mass is 79.9. The molecule has 1 aromatic heterocycles. The predicted octanol–water partition coefficient (Wildman–Crippen LogP) is 3.23. The second-order valence-electron chi connectivity index (χ2n) is 3.80. The molecule has 1 aromatic carbocycles. The van der Waals surface area contributed by atoms with E-state index in [9.17, 15) is 18.5 Å². The van der Waals surface area contributed by atoms with Crippen molar-refractivity contribution in [3.63, 3.8) is 0 Å². The SMILES string of the molecule is COc1ccc(NS(=O)(=O)c2ccc(Br)s2)c([N+](=O)[O-])c1. The van der Waals surface area contributed by atoms with Gasteiger partial charge in [0.15, 0.2) is 0 Å². The number of nitro benzene ring substituents is 1. The van der Waals surface area contributed by atoms with Crippen molar-refractivity contribution in [2.45, 2.75) is 4.21 Å². The Morgan fingerprint density at radius 1 is 1.33 bits per heavy atom. The van der Waals surface area contributed by atoms with E-state index in [1.165, 1.54) is 25.3 Å². The maximum absolute atomic E-state index is 12.2. The number of rotatable bonds is 5. The molecule has 1 heterocycles. The van der Waals surface area contributed by atoms with Crippen molar-refractivity contribution in [1.29, 1.82) is 0 Å². The Labute approximate surface area is 132 Å². The van der Waals surface area contributed by atoms with E-state index < -0.39 is 14.9 Å². The Hall–Kier alpha value is -1.65. The van der Waals surface area contributed by atoms with Gasteiger partial charge in [-0.25, -0.2) is 8.42 Å². The van der Waals surface area contributed by atoms with Gasteiger partial charge in [-0.2, -0.15) is 0 Å². The molecule has 0 aliphatic rings. The number of benzene rings is 1. The molecule has 0 bridgehead atoms. The minimum absolute atomic E-state index is 0.0551. The van der Waals surface area contributed by atoms with Crippen LogP contribution in [0.2, 0.25) is 0 Å². The molecule has 0 aliphatic heterocycles. The Morgan fingerprint density at radius 3 is 2.57 bits per heavy atom. The molecule has 0 amide bonds. The van der Waals surface area contributed by atoms with E-state index in [0.717, 1.165) is 17.4 Å². The molecular formula is C11H9BrN2O5S2. The Morgan fingerprint density at radius 2 is 2.05 bits per heavy atom. The number of hydrogen-bond acceptors (Lipinski definition) is 6. The first-order valence-corrected chi connectivity index (χ1v) is 8.53. The number of anilines is 1. The number of nitrogens with zero attached hydrogens (tertiary/aromatic N) is 1. The molecule has 0 unspecified atom stereocenters. The molecule has 1 N–H and O–H groups in total. The maximum Gasteiger partial charge on any atom is 0.297 e. The number of thiophene rings is 1. The van der Waals surface area contributed by atoms with Crippen molar-refractivity contribution in [2.75, 3.05) is 11.8 Å². The lowest BCUT2D eigenvalue weighted by molar-refractivity contribution is -0.384. The molecule has 0 saturated carbocycles. The number of nitrogens with one attached hydrogen (secondary N) is 1. The van der Waals surface area contributed by atoms with Gasteiger partial charge >= 0.3 is 0 Å². The van der Waals surface area contributed by atoms with Gasteiger partial charge in [-0.05, 0) is 40.2 Å². The van der Waals surface area contributed by atoms with E-state index >= 15 is 0 Å². The molecule has 10 heteroatoms.